The van der Waals surface area contributed by atoms with Crippen LogP contribution in [0.2, 0.25) is 0 Å². The average molecular weight is 445 g/mol. The van der Waals surface area contributed by atoms with Gasteiger partial charge in [-0.15, -0.1) is 0 Å². The van der Waals surface area contributed by atoms with Crippen LogP contribution in [0, 0.1) is 0 Å². The second kappa shape index (κ2) is 12.2. The minimum absolute atomic E-state index is 0.0713. The molecular weight excluding hydrogens is 412 g/mol. The first-order chi connectivity index (χ1) is 16.3. The highest BCUT2D eigenvalue weighted by molar-refractivity contribution is 5.94. The van der Waals surface area contributed by atoms with Crippen molar-refractivity contribution in [2.24, 2.45) is 0 Å². The maximum absolute atomic E-state index is 13.2. The molecule has 0 spiro atoms. The molecule has 0 radical (unpaired) electrons. The van der Waals surface area contributed by atoms with Crippen molar-refractivity contribution in [1.82, 2.24) is 9.80 Å². The molecule has 0 atom stereocenters. The molecule has 0 N–H and O–H groups in total. The summed E-state index contributed by atoms with van der Waals surface area (Å²) < 4.78 is 11.3. The van der Waals surface area contributed by atoms with Crippen LogP contribution in [-0.4, -0.2) is 55.1 Å². The normalized spacial score (nSPS) is 14.1. The topological polar surface area (TPSA) is 42.0 Å². The smallest absolute Gasteiger partial charge is 0.254 e. The molecule has 1 aliphatic rings. The lowest BCUT2D eigenvalue weighted by Gasteiger charge is -2.28. The van der Waals surface area contributed by atoms with Gasteiger partial charge in [0.2, 0.25) is 0 Å². The summed E-state index contributed by atoms with van der Waals surface area (Å²) in [5, 5.41) is 0. The largest absolute Gasteiger partial charge is 0.489 e. The van der Waals surface area contributed by atoms with Gasteiger partial charge in [-0.25, -0.2) is 0 Å². The van der Waals surface area contributed by atoms with E-state index < -0.39 is 0 Å². The van der Waals surface area contributed by atoms with Gasteiger partial charge in [-0.05, 0) is 41.8 Å². The van der Waals surface area contributed by atoms with E-state index in [2.05, 4.69) is 17.0 Å². The third-order valence-electron chi connectivity index (χ3n) is 5.86. The first-order valence-electron chi connectivity index (χ1n) is 11.7. The van der Waals surface area contributed by atoms with Crippen molar-refractivity contribution in [2.75, 3.05) is 39.4 Å². The number of hydrogen-bond acceptors (Lipinski definition) is 4. The molecule has 5 heteroatoms. The van der Waals surface area contributed by atoms with Gasteiger partial charge in [-0.1, -0.05) is 60.7 Å². The zero-order chi connectivity index (χ0) is 22.7. The Labute approximate surface area is 196 Å². The molecule has 1 saturated heterocycles. The summed E-state index contributed by atoms with van der Waals surface area (Å²) >= 11 is 0. The lowest BCUT2D eigenvalue weighted by Crippen LogP contribution is -2.39. The van der Waals surface area contributed by atoms with E-state index in [1.54, 1.807) is 0 Å². The Morgan fingerprint density at radius 1 is 0.848 bits per heavy atom. The number of hydrogen-bond donors (Lipinski definition) is 0. The van der Waals surface area contributed by atoms with Gasteiger partial charge in [0.05, 0.1) is 13.2 Å². The van der Waals surface area contributed by atoms with Crippen LogP contribution < -0.4 is 4.74 Å². The van der Waals surface area contributed by atoms with E-state index in [0.29, 0.717) is 13.2 Å². The fourth-order valence-corrected chi connectivity index (χ4v) is 3.98. The van der Waals surface area contributed by atoms with Crippen LogP contribution in [0.5, 0.6) is 5.75 Å². The van der Waals surface area contributed by atoms with Gasteiger partial charge in [-0.3, -0.25) is 9.69 Å². The van der Waals surface area contributed by atoms with E-state index in [1.807, 2.05) is 77.7 Å². The number of carbonyl (C=O) groups is 1. The van der Waals surface area contributed by atoms with Gasteiger partial charge in [0.1, 0.15) is 12.4 Å². The van der Waals surface area contributed by atoms with Gasteiger partial charge >= 0.3 is 0 Å². The fourth-order valence-electron chi connectivity index (χ4n) is 3.98. The highest BCUT2D eigenvalue weighted by Crippen LogP contribution is 2.17. The zero-order valence-corrected chi connectivity index (χ0v) is 19.1. The first kappa shape index (κ1) is 23.0. The third kappa shape index (κ3) is 7.17. The van der Waals surface area contributed by atoms with E-state index in [9.17, 15) is 4.79 Å². The number of benzene rings is 3. The highest BCUT2D eigenvalue weighted by atomic mass is 16.5. The molecular formula is C28H32N2O3. The molecule has 1 fully saturated rings. The molecule has 5 nitrogen and oxygen atoms in total. The summed E-state index contributed by atoms with van der Waals surface area (Å²) in [5.41, 5.74) is 2.96. The number of ether oxygens (including phenoxy) is 2. The van der Waals surface area contributed by atoms with E-state index >= 15 is 0 Å². The average Bonchev–Trinajstić information content (AvgIpc) is 2.89. The minimum atomic E-state index is 0.0713. The highest BCUT2D eigenvalue weighted by Gasteiger charge is 2.17. The maximum atomic E-state index is 13.2. The van der Waals surface area contributed by atoms with Crippen molar-refractivity contribution in [3.8, 4) is 5.75 Å². The lowest BCUT2D eigenvalue weighted by atomic mass is 10.1. The molecule has 1 amide bonds. The van der Waals surface area contributed by atoms with Crippen LogP contribution >= 0.6 is 0 Å². The molecule has 1 heterocycles. The van der Waals surface area contributed by atoms with Crippen molar-refractivity contribution in [3.05, 3.63) is 102 Å². The number of nitrogens with zero attached hydrogens (tertiary/aromatic N) is 2. The molecule has 0 bridgehead atoms. The summed E-state index contributed by atoms with van der Waals surface area (Å²) in [6.07, 6.45) is 0.941. The van der Waals surface area contributed by atoms with Crippen LogP contribution in [0.4, 0.5) is 0 Å². The van der Waals surface area contributed by atoms with Crippen LogP contribution in [0.3, 0.4) is 0 Å². The van der Waals surface area contributed by atoms with Crippen molar-refractivity contribution in [1.29, 1.82) is 0 Å². The van der Waals surface area contributed by atoms with Gasteiger partial charge in [0, 0.05) is 38.3 Å². The molecule has 3 aromatic rings. The fraction of sp³-hybridized carbons (Fsp3) is 0.321. The van der Waals surface area contributed by atoms with E-state index in [4.69, 9.17) is 9.47 Å². The van der Waals surface area contributed by atoms with Crippen LogP contribution in [0.25, 0.3) is 0 Å². The quantitative estimate of drug-likeness (QED) is 0.457. The Morgan fingerprint density at radius 3 is 2.21 bits per heavy atom. The number of carbonyl (C=O) groups excluding carboxylic acids is 1. The molecule has 4 rings (SSSR count). The van der Waals surface area contributed by atoms with E-state index in [0.717, 1.165) is 68.3 Å². The second-order valence-corrected chi connectivity index (χ2v) is 8.32. The van der Waals surface area contributed by atoms with Gasteiger partial charge in [0.25, 0.3) is 5.91 Å². The van der Waals surface area contributed by atoms with Crippen molar-refractivity contribution in [3.63, 3.8) is 0 Å². The Bertz CT molecular complexity index is 971. The second-order valence-electron chi connectivity index (χ2n) is 8.32. The van der Waals surface area contributed by atoms with Crippen molar-refractivity contribution < 1.29 is 14.3 Å². The van der Waals surface area contributed by atoms with E-state index in [1.165, 1.54) is 0 Å². The monoisotopic (exact) mass is 444 g/mol. The van der Waals surface area contributed by atoms with Gasteiger partial charge in [-0.2, -0.15) is 0 Å². The van der Waals surface area contributed by atoms with Gasteiger partial charge < -0.3 is 14.4 Å². The van der Waals surface area contributed by atoms with Crippen LogP contribution in [0.1, 0.15) is 27.9 Å². The molecule has 0 aromatic heterocycles. The summed E-state index contributed by atoms with van der Waals surface area (Å²) in [5.74, 6) is 0.901. The summed E-state index contributed by atoms with van der Waals surface area (Å²) in [4.78, 5) is 17.6. The minimum Gasteiger partial charge on any atom is -0.489 e. The molecule has 0 saturated carbocycles. The standard InChI is InChI=1S/C28H32N2O3/c31-28(26-10-5-2-6-11-26)30(17-7-16-29-18-20-32-21-19-29)22-24-12-14-27(15-13-24)33-23-25-8-3-1-4-9-25/h1-6,8-15H,7,16-23H2. The Balaban J connectivity index is 1.36. The number of morpholine rings is 1. The molecule has 0 aliphatic carbocycles. The summed E-state index contributed by atoms with van der Waals surface area (Å²) in [6, 6.07) is 27.7. The Hall–Kier alpha value is -3.15. The molecule has 3 aromatic carbocycles. The van der Waals surface area contributed by atoms with Crippen LogP contribution in [-0.2, 0) is 17.9 Å². The number of amides is 1. The molecule has 33 heavy (non-hydrogen) atoms. The van der Waals surface area contributed by atoms with Crippen LogP contribution in [0.15, 0.2) is 84.9 Å². The summed E-state index contributed by atoms with van der Waals surface area (Å²) in [6.45, 7) is 6.35. The predicted molar refractivity (Wildman–Crippen MR) is 130 cm³/mol. The Morgan fingerprint density at radius 2 is 1.52 bits per heavy atom. The number of rotatable bonds is 10. The van der Waals surface area contributed by atoms with Gasteiger partial charge in [0.15, 0.2) is 0 Å². The maximum Gasteiger partial charge on any atom is 0.254 e. The van der Waals surface area contributed by atoms with Crippen molar-refractivity contribution >= 4 is 5.91 Å². The SMILES string of the molecule is O=C(c1ccccc1)N(CCCN1CCOCC1)Cc1ccc(OCc2ccccc2)cc1. The lowest BCUT2D eigenvalue weighted by molar-refractivity contribution is 0.0355. The van der Waals surface area contributed by atoms with E-state index in [-0.39, 0.29) is 5.91 Å². The molecule has 0 unspecified atom stereocenters. The zero-order valence-electron chi connectivity index (χ0n) is 19.1. The van der Waals surface area contributed by atoms with Crippen molar-refractivity contribution in [2.45, 2.75) is 19.6 Å². The third-order valence-corrected chi connectivity index (χ3v) is 5.86. The molecule has 1 aliphatic heterocycles. The predicted octanol–water partition coefficient (Wildman–Crippen LogP) is 4.63. The molecule has 172 valence electrons. The Kier molecular flexibility index (Phi) is 8.50. The summed E-state index contributed by atoms with van der Waals surface area (Å²) in [7, 11) is 0. The first-order valence-corrected chi connectivity index (χ1v) is 11.7.